The fourth-order valence-electron chi connectivity index (χ4n) is 1.72. The van der Waals surface area contributed by atoms with Crippen molar-refractivity contribution in [2.75, 3.05) is 13.1 Å². The van der Waals surface area contributed by atoms with Crippen molar-refractivity contribution >= 4 is 33.2 Å². The Kier molecular flexibility index (Phi) is 5.04. The van der Waals surface area contributed by atoms with Crippen molar-refractivity contribution in [1.82, 2.24) is 14.9 Å². The van der Waals surface area contributed by atoms with Gasteiger partial charge in [0.1, 0.15) is 0 Å². The number of thiazole rings is 1. The normalized spacial score (nSPS) is 10.4. The van der Waals surface area contributed by atoms with Gasteiger partial charge in [0, 0.05) is 48.0 Å². The van der Waals surface area contributed by atoms with Gasteiger partial charge in [-0.3, -0.25) is 9.78 Å². The number of carbonyl (C=O) groups excluding carboxylic acids is 1. The van der Waals surface area contributed by atoms with Gasteiger partial charge in [0.05, 0.1) is 10.6 Å². The maximum Gasteiger partial charge on any atom is 0.255 e. The van der Waals surface area contributed by atoms with Crippen LogP contribution in [-0.4, -0.2) is 33.9 Å². The molecule has 0 aromatic carbocycles. The van der Waals surface area contributed by atoms with E-state index < -0.39 is 0 Å². The molecule has 6 heteroatoms. The van der Waals surface area contributed by atoms with Crippen LogP contribution in [0.3, 0.4) is 0 Å². The summed E-state index contributed by atoms with van der Waals surface area (Å²) < 4.78 is 0.814. The number of likely N-dealkylation sites (N-methyl/N-ethyl adjacent to an activating group) is 1. The van der Waals surface area contributed by atoms with Crippen LogP contribution in [0.2, 0.25) is 0 Å². The quantitative estimate of drug-likeness (QED) is 0.841. The van der Waals surface area contributed by atoms with Crippen molar-refractivity contribution in [1.29, 1.82) is 0 Å². The highest BCUT2D eigenvalue weighted by molar-refractivity contribution is 9.10. The molecule has 0 aliphatic rings. The van der Waals surface area contributed by atoms with E-state index in [1.54, 1.807) is 36.0 Å². The zero-order valence-electron chi connectivity index (χ0n) is 10.5. The minimum absolute atomic E-state index is 0.00727. The number of amides is 1. The molecule has 0 spiro atoms. The van der Waals surface area contributed by atoms with E-state index >= 15 is 0 Å². The number of pyridine rings is 1. The first-order chi connectivity index (χ1) is 9.20. The zero-order chi connectivity index (χ0) is 13.7. The number of aromatic nitrogens is 2. The number of rotatable bonds is 5. The van der Waals surface area contributed by atoms with Crippen molar-refractivity contribution in [3.63, 3.8) is 0 Å². The molecule has 0 N–H and O–H groups in total. The first-order valence-corrected chi connectivity index (χ1v) is 7.66. The van der Waals surface area contributed by atoms with Gasteiger partial charge in [-0.25, -0.2) is 4.98 Å². The molecule has 2 aromatic rings. The van der Waals surface area contributed by atoms with Gasteiger partial charge in [0.15, 0.2) is 0 Å². The molecule has 0 aliphatic carbocycles. The molecule has 2 rings (SSSR count). The monoisotopic (exact) mass is 339 g/mol. The standard InChI is InChI=1S/C13H14BrN3OS/c1-2-17(5-3-12-16-4-6-19-12)13(18)10-7-11(14)9-15-8-10/h4,6-9H,2-3,5H2,1H3. The Labute approximate surface area is 124 Å². The maximum absolute atomic E-state index is 12.3. The third kappa shape index (κ3) is 3.84. The van der Waals surface area contributed by atoms with Crippen LogP contribution in [0.4, 0.5) is 0 Å². The van der Waals surface area contributed by atoms with Gasteiger partial charge in [0.2, 0.25) is 0 Å². The Bertz CT molecular complexity index is 545. The van der Waals surface area contributed by atoms with Crippen molar-refractivity contribution < 1.29 is 4.79 Å². The van der Waals surface area contributed by atoms with Crippen molar-refractivity contribution in [2.24, 2.45) is 0 Å². The zero-order valence-corrected chi connectivity index (χ0v) is 12.9. The second-order valence-corrected chi connectivity index (χ2v) is 5.85. The summed E-state index contributed by atoms with van der Waals surface area (Å²) in [6, 6.07) is 1.79. The summed E-state index contributed by atoms with van der Waals surface area (Å²) >= 11 is 4.95. The van der Waals surface area contributed by atoms with Crippen LogP contribution in [0.5, 0.6) is 0 Å². The molecule has 0 radical (unpaired) electrons. The Morgan fingerprint density at radius 1 is 1.47 bits per heavy atom. The first-order valence-electron chi connectivity index (χ1n) is 5.99. The fraction of sp³-hybridized carbons (Fsp3) is 0.308. The number of halogens is 1. The van der Waals surface area contributed by atoms with E-state index in [9.17, 15) is 4.79 Å². The molecule has 0 atom stereocenters. The number of hydrogen-bond acceptors (Lipinski definition) is 4. The summed E-state index contributed by atoms with van der Waals surface area (Å²) in [7, 11) is 0. The number of hydrogen-bond donors (Lipinski definition) is 0. The topological polar surface area (TPSA) is 46.1 Å². The molecule has 0 saturated heterocycles. The van der Waals surface area contributed by atoms with Crippen LogP contribution in [0.25, 0.3) is 0 Å². The summed E-state index contributed by atoms with van der Waals surface area (Å²) in [5.74, 6) is 0.00727. The first kappa shape index (κ1) is 14.1. The SMILES string of the molecule is CCN(CCc1nccs1)C(=O)c1cncc(Br)c1. The van der Waals surface area contributed by atoms with E-state index in [2.05, 4.69) is 25.9 Å². The molecular formula is C13H14BrN3OS. The number of nitrogens with zero attached hydrogens (tertiary/aromatic N) is 3. The summed E-state index contributed by atoms with van der Waals surface area (Å²) in [4.78, 5) is 22.4. The predicted octanol–water partition coefficient (Wildman–Crippen LogP) is 3.01. The molecule has 0 saturated carbocycles. The largest absolute Gasteiger partial charge is 0.338 e. The lowest BCUT2D eigenvalue weighted by molar-refractivity contribution is 0.0765. The van der Waals surface area contributed by atoms with E-state index in [0.29, 0.717) is 18.7 Å². The molecule has 100 valence electrons. The van der Waals surface area contributed by atoms with Gasteiger partial charge in [-0.1, -0.05) is 0 Å². The Hall–Kier alpha value is -1.27. The minimum atomic E-state index is 0.00727. The van der Waals surface area contributed by atoms with Crippen molar-refractivity contribution in [3.05, 3.63) is 45.1 Å². The van der Waals surface area contributed by atoms with Gasteiger partial charge >= 0.3 is 0 Å². The summed E-state index contributed by atoms with van der Waals surface area (Å²) in [6.45, 7) is 3.33. The Morgan fingerprint density at radius 3 is 2.95 bits per heavy atom. The van der Waals surface area contributed by atoms with Crippen LogP contribution in [-0.2, 0) is 6.42 Å². The lowest BCUT2D eigenvalue weighted by atomic mass is 10.2. The summed E-state index contributed by atoms with van der Waals surface area (Å²) in [5.41, 5.74) is 0.607. The highest BCUT2D eigenvalue weighted by atomic mass is 79.9. The Balaban J connectivity index is 2.02. The van der Waals surface area contributed by atoms with Crippen LogP contribution < -0.4 is 0 Å². The highest BCUT2D eigenvalue weighted by Gasteiger charge is 2.15. The van der Waals surface area contributed by atoms with Gasteiger partial charge in [-0.05, 0) is 28.9 Å². The summed E-state index contributed by atoms with van der Waals surface area (Å²) in [5, 5.41) is 3.00. The average molecular weight is 340 g/mol. The number of carbonyl (C=O) groups is 1. The fourth-order valence-corrected chi connectivity index (χ4v) is 2.70. The van der Waals surface area contributed by atoms with Crippen LogP contribution in [0.1, 0.15) is 22.3 Å². The van der Waals surface area contributed by atoms with Crippen molar-refractivity contribution in [3.8, 4) is 0 Å². The van der Waals surface area contributed by atoms with E-state index in [4.69, 9.17) is 0 Å². The van der Waals surface area contributed by atoms with Crippen molar-refractivity contribution in [2.45, 2.75) is 13.3 Å². The van der Waals surface area contributed by atoms with Gasteiger partial charge in [0.25, 0.3) is 5.91 Å². The molecule has 4 nitrogen and oxygen atoms in total. The van der Waals surface area contributed by atoms with Crippen LogP contribution >= 0.6 is 27.3 Å². The van der Waals surface area contributed by atoms with Gasteiger partial charge in [-0.2, -0.15) is 0 Å². The molecule has 0 bridgehead atoms. The maximum atomic E-state index is 12.3. The summed E-state index contributed by atoms with van der Waals surface area (Å²) in [6.07, 6.45) is 5.84. The lowest BCUT2D eigenvalue weighted by Gasteiger charge is -2.20. The molecule has 0 unspecified atom stereocenters. The van der Waals surface area contributed by atoms with Crippen LogP contribution in [0.15, 0.2) is 34.5 Å². The second kappa shape index (κ2) is 6.77. The molecule has 19 heavy (non-hydrogen) atoms. The smallest absolute Gasteiger partial charge is 0.255 e. The second-order valence-electron chi connectivity index (χ2n) is 3.95. The highest BCUT2D eigenvalue weighted by Crippen LogP contribution is 2.12. The Morgan fingerprint density at radius 2 is 2.32 bits per heavy atom. The third-order valence-electron chi connectivity index (χ3n) is 2.70. The molecule has 2 heterocycles. The van der Waals surface area contributed by atoms with E-state index in [1.165, 1.54) is 0 Å². The van der Waals surface area contributed by atoms with E-state index in [0.717, 1.165) is 15.9 Å². The van der Waals surface area contributed by atoms with Gasteiger partial charge in [-0.15, -0.1) is 11.3 Å². The molecule has 0 aliphatic heterocycles. The van der Waals surface area contributed by atoms with Gasteiger partial charge < -0.3 is 4.90 Å². The van der Waals surface area contributed by atoms with E-state index in [1.807, 2.05) is 17.2 Å². The van der Waals surface area contributed by atoms with E-state index in [-0.39, 0.29) is 5.91 Å². The molecule has 2 aromatic heterocycles. The molecule has 0 fully saturated rings. The molecular weight excluding hydrogens is 326 g/mol. The minimum Gasteiger partial charge on any atom is -0.338 e. The predicted molar refractivity (Wildman–Crippen MR) is 79.3 cm³/mol. The molecule has 1 amide bonds. The van der Waals surface area contributed by atoms with Crippen LogP contribution in [0, 0.1) is 0 Å². The average Bonchev–Trinajstić information content (AvgIpc) is 2.92. The lowest BCUT2D eigenvalue weighted by Crippen LogP contribution is -2.32. The third-order valence-corrected chi connectivity index (χ3v) is 3.97.